The third kappa shape index (κ3) is 6.79. The zero-order chi connectivity index (χ0) is 16.0. The summed E-state index contributed by atoms with van der Waals surface area (Å²) in [4.78, 5) is 14.6. The predicted octanol–water partition coefficient (Wildman–Crippen LogP) is 2.38. The van der Waals surface area contributed by atoms with Crippen molar-refractivity contribution in [2.24, 2.45) is 17.6 Å². The number of nitrogens with two attached hydrogens (primary N) is 1. The van der Waals surface area contributed by atoms with Crippen LogP contribution >= 0.6 is 0 Å². The van der Waals surface area contributed by atoms with Gasteiger partial charge in [-0.25, -0.2) is 0 Å². The van der Waals surface area contributed by atoms with Crippen LogP contribution in [0, 0.1) is 11.8 Å². The first-order valence-corrected chi connectivity index (χ1v) is 8.48. The maximum atomic E-state index is 12.1. The first-order valence-electron chi connectivity index (χ1n) is 8.48. The van der Waals surface area contributed by atoms with E-state index in [4.69, 9.17) is 5.73 Å². The zero-order valence-corrected chi connectivity index (χ0v) is 14.6. The molecule has 0 aromatic rings. The third-order valence-electron chi connectivity index (χ3n) is 4.47. The molecule has 1 saturated heterocycles. The van der Waals surface area contributed by atoms with Crippen LogP contribution in [0.4, 0.5) is 0 Å². The Morgan fingerprint density at radius 2 is 1.95 bits per heavy atom. The van der Waals surface area contributed by atoms with Gasteiger partial charge in [0.2, 0.25) is 5.91 Å². The van der Waals surface area contributed by atoms with Crippen LogP contribution in [0.5, 0.6) is 0 Å². The lowest BCUT2D eigenvalue weighted by atomic mass is 9.89. The fourth-order valence-electron chi connectivity index (χ4n) is 3.22. The lowest BCUT2D eigenvalue weighted by Crippen LogP contribution is -2.47. The molecule has 4 heteroatoms. The van der Waals surface area contributed by atoms with Crippen molar-refractivity contribution in [1.29, 1.82) is 0 Å². The van der Waals surface area contributed by atoms with Crippen LogP contribution in [-0.2, 0) is 4.79 Å². The van der Waals surface area contributed by atoms with E-state index in [-0.39, 0.29) is 17.5 Å². The van der Waals surface area contributed by atoms with Crippen molar-refractivity contribution in [3.63, 3.8) is 0 Å². The van der Waals surface area contributed by atoms with Crippen molar-refractivity contribution < 1.29 is 4.79 Å². The number of hydrogen-bond donors (Lipinski definition) is 2. The lowest BCUT2D eigenvalue weighted by Gasteiger charge is -2.31. The molecule has 1 aliphatic heterocycles. The highest BCUT2D eigenvalue weighted by Gasteiger charge is 2.26. The SMILES string of the molecule is CC(C)C1CCCN(C(CN)CC(=O)NC(C)(C)C)CC1. The molecule has 0 spiro atoms. The second-order valence-corrected chi connectivity index (χ2v) is 7.86. The minimum Gasteiger partial charge on any atom is -0.351 e. The highest BCUT2D eigenvalue weighted by Crippen LogP contribution is 2.25. The summed E-state index contributed by atoms with van der Waals surface area (Å²) in [7, 11) is 0. The molecule has 2 atom stereocenters. The van der Waals surface area contributed by atoms with Gasteiger partial charge in [-0.2, -0.15) is 0 Å². The van der Waals surface area contributed by atoms with Crippen molar-refractivity contribution in [3.8, 4) is 0 Å². The van der Waals surface area contributed by atoms with Gasteiger partial charge < -0.3 is 11.1 Å². The Morgan fingerprint density at radius 1 is 1.29 bits per heavy atom. The number of likely N-dealkylation sites (tertiary alicyclic amines) is 1. The summed E-state index contributed by atoms with van der Waals surface area (Å²) >= 11 is 0. The van der Waals surface area contributed by atoms with Gasteiger partial charge in [-0.3, -0.25) is 9.69 Å². The number of rotatable bonds is 5. The minimum absolute atomic E-state index is 0.114. The molecule has 2 unspecified atom stereocenters. The summed E-state index contributed by atoms with van der Waals surface area (Å²) in [6.45, 7) is 13.4. The fourth-order valence-corrected chi connectivity index (χ4v) is 3.22. The summed E-state index contributed by atoms with van der Waals surface area (Å²) in [5, 5.41) is 3.04. The van der Waals surface area contributed by atoms with E-state index in [2.05, 4.69) is 24.1 Å². The Morgan fingerprint density at radius 3 is 2.48 bits per heavy atom. The van der Waals surface area contributed by atoms with Crippen molar-refractivity contribution >= 4 is 5.91 Å². The van der Waals surface area contributed by atoms with Crippen LogP contribution < -0.4 is 11.1 Å². The van der Waals surface area contributed by atoms with E-state index in [1.165, 1.54) is 19.3 Å². The van der Waals surface area contributed by atoms with Gasteiger partial charge >= 0.3 is 0 Å². The Bertz CT molecular complexity index is 322. The van der Waals surface area contributed by atoms with Crippen LogP contribution in [0.3, 0.4) is 0 Å². The molecule has 21 heavy (non-hydrogen) atoms. The molecule has 3 N–H and O–H groups in total. The number of hydrogen-bond acceptors (Lipinski definition) is 3. The molecule has 0 aliphatic carbocycles. The van der Waals surface area contributed by atoms with Crippen molar-refractivity contribution in [2.75, 3.05) is 19.6 Å². The molecule has 0 aromatic carbocycles. The zero-order valence-electron chi connectivity index (χ0n) is 14.6. The molecule has 0 bridgehead atoms. The van der Waals surface area contributed by atoms with Gasteiger partial charge in [0.05, 0.1) is 0 Å². The largest absolute Gasteiger partial charge is 0.351 e. The molecule has 0 aromatic heterocycles. The quantitative estimate of drug-likeness (QED) is 0.819. The highest BCUT2D eigenvalue weighted by atomic mass is 16.1. The predicted molar refractivity (Wildman–Crippen MR) is 89.1 cm³/mol. The van der Waals surface area contributed by atoms with Crippen LogP contribution in [-0.4, -0.2) is 42.0 Å². The van der Waals surface area contributed by atoms with Gasteiger partial charge in [-0.15, -0.1) is 0 Å². The Balaban J connectivity index is 2.54. The van der Waals surface area contributed by atoms with Crippen molar-refractivity contribution in [2.45, 2.75) is 71.9 Å². The summed E-state index contributed by atoms with van der Waals surface area (Å²) in [6.07, 6.45) is 4.27. The van der Waals surface area contributed by atoms with E-state index in [0.29, 0.717) is 13.0 Å². The highest BCUT2D eigenvalue weighted by molar-refractivity contribution is 5.77. The Kier molecular flexibility index (Phi) is 7.14. The van der Waals surface area contributed by atoms with Crippen LogP contribution in [0.2, 0.25) is 0 Å². The Hall–Kier alpha value is -0.610. The van der Waals surface area contributed by atoms with Crippen LogP contribution in [0.25, 0.3) is 0 Å². The minimum atomic E-state index is -0.169. The second kappa shape index (κ2) is 8.14. The molecular weight excluding hydrogens is 262 g/mol. The average molecular weight is 297 g/mol. The van der Waals surface area contributed by atoms with Crippen LogP contribution in [0.1, 0.15) is 60.3 Å². The first-order chi connectivity index (χ1) is 9.73. The van der Waals surface area contributed by atoms with Crippen molar-refractivity contribution in [3.05, 3.63) is 0 Å². The molecule has 0 saturated carbocycles. The van der Waals surface area contributed by atoms with Crippen LogP contribution in [0.15, 0.2) is 0 Å². The van der Waals surface area contributed by atoms with Gasteiger partial charge in [0.1, 0.15) is 0 Å². The fraction of sp³-hybridized carbons (Fsp3) is 0.941. The number of nitrogens with one attached hydrogen (secondary N) is 1. The molecular formula is C17H35N3O. The van der Waals surface area contributed by atoms with Gasteiger partial charge in [-0.05, 0) is 65.0 Å². The Labute approximate surface area is 130 Å². The summed E-state index contributed by atoms with van der Waals surface area (Å²) in [6, 6.07) is 0.179. The van der Waals surface area contributed by atoms with E-state index >= 15 is 0 Å². The molecule has 1 heterocycles. The smallest absolute Gasteiger partial charge is 0.222 e. The summed E-state index contributed by atoms with van der Waals surface area (Å²) in [5.41, 5.74) is 5.77. The molecule has 1 rings (SSSR count). The molecule has 124 valence electrons. The number of nitrogens with zero attached hydrogens (tertiary/aromatic N) is 1. The van der Waals surface area contributed by atoms with E-state index in [1.54, 1.807) is 0 Å². The van der Waals surface area contributed by atoms with Gasteiger partial charge in [0.15, 0.2) is 0 Å². The second-order valence-electron chi connectivity index (χ2n) is 7.86. The third-order valence-corrected chi connectivity index (χ3v) is 4.47. The molecule has 1 fully saturated rings. The first kappa shape index (κ1) is 18.4. The summed E-state index contributed by atoms with van der Waals surface area (Å²) in [5.74, 6) is 1.69. The molecule has 1 aliphatic rings. The molecule has 4 nitrogen and oxygen atoms in total. The number of amides is 1. The van der Waals surface area contributed by atoms with Gasteiger partial charge in [-0.1, -0.05) is 13.8 Å². The molecule has 1 amide bonds. The monoisotopic (exact) mass is 297 g/mol. The average Bonchev–Trinajstić information content (AvgIpc) is 2.59. The van der Waals surface area contributed by atoms with Crippen molar-refractivity contribution in [1.82, 2.24) is 10.2 Å². The van der Waals surface area contributed by atoms with Gasteiger partial charge in [0.25, 0.3) is 0 Å². The standard InChI is InChI=1S/C17H35N3O/c1-13(2)14-7-6-9-20(10-8-14)15(12-18)11-16(21)19-17(3,4)5/h13-15H,6-12,18H2,1-5H3,(H,19,21). The number of carbonyl (C=O) groups is 1. The van der Waals surface area contributed by atoms with E-state index < -0.39 is 0 Å². The maximum Gasteiger partial charge on any atom is 0.222 e. The van der Waals surface area contributed by atoms with E-state index in [0.717, 1.165) is 24.9 Å². The van der Waals surface area contributed by atoms with E-state index in [1.807, 2.05) is 20.8 Å². The normalized spacial score (nSPS) is 22.9. The maximum absolute atomic E-state index is 12.1. The summed E-state index contributed by atoms with van der Waals surface area (Å²) < 4.78 is 0. The molecule has 0 radical (unpaired) electrons. The topological polar surface area (TPSA) is 58.4 Å². The van der Waals surface area contributed by atoms with Gasteiger partial charge in [0, 0.05) is 24.5 Å². The number of carbonyl (C=O) groups excluding carboxylic acids is 1. The van der Waals surface area contributed by atoms with E-state index in [9.17, 15) is 4.79 Å². The lowest BCUT2D eigenvalue weighted by molar-refractivity contribution is -0.123.